The Balaban J connectivity index is 2.45. The highest BCUT2D eigenvalue weighted by Gasteiger charge is 2.30. The third kappa shape index (κ3) is 3.91. The van der Waals surface area contributed by atoms with E-state index in [0.29, 0.717) is 5.56 Å². The monoisotopic (exact) mass is 335 g/mol. The Morgan fingerprint density at radius 3 is 2.30 bits per heavy atom. The van der Waals surface area contributed by atoms with Crippen LogP contribution in [0.4, 0.5) is 5.69 Å². The number of nitrogens with one attached hydrogen (secondary N) is 1. The molecule has 1 N–H and O–H groups in total. The Bertz CT molecular complexity index is 774. The molecule has 7 nitrogen and oxygen atoms in total. The van der Waals surface area contributed by atoms with Gasteiger partial charge in [0.2, 0.25) is 0 Å². The molecule has 8 heteroatoms. The Hall–Kier alpha value is -2.32. The second-order valence-corrected chi connectivity index (χ2v) is 7.32. The van der Waals surface area contributed by atoms with Gasteiger partial charge in [0.05, 0.1) is 9.82 Å². The van der Waals surface area contributed by atoms with E-state index in [9.17, 15) is 18.5 Å². The Morgan fingerprint density at radius 2 is 1.83 bits per heavy atom. The number of benzene rings is 1. The summed E-state index contributed by atoms with van der Waals surface area (Å²) in [6.07, 6.45) is 3.05. The van der Waals surface area contributed by atoms with Gasteiger partial charge in [-0.1, -0.05) is 6.07 Å². The van der Waals surface area contributed by atoms with Crippen molar-refractivity contribution in [3.8, 4) is 0 Å². The summed E-state index contributed by atoms with van der Waals surface area (Å²) in [5, 5.41) is 12.7. The second kappa shape index (κ2) is 6.84. The lowest BCUT2D eigenvalue weighted by molar-refractivity contribution is -0.384. The van der Waals surface area contributed by atoms with Crippen LogP contribution in [0.25, 0.3) is 0 Å². The van der Waals surface area contributed by atoms with E-state index in [-0.39, 0.29) is 16.6 Å². The number of rotatable bonds is 6. The zero-order valence-electron chi connectivity index (χ0n) is 12.7. The van der Waals surface area contributed by atoms with Gasteiger partial charge in [0.1, 0.15) is 5.37 Å². The fourth-order valence-corrected chi connectivity index (χ4v) is 3.83. The lowest BCUT2D eigenvalue weighted by atomic mass is 10.2. The van der Waals surface area contributed by atoms with Crippen molar-refractivity contribution in [2.45, 2.75) is 30.2 Å². The van der Waals surface area contributed by atoms with Gasteiger partial charge in [0, 0.05) is 36.1 Å². The quantitative estimate of drug-likeness (QED) is 0.642. The highest BCUT2D eigenvalue weighted by atomic mass is 32.2. The van der Waals surface area contributed by atoms with Crippen molar-refractivity contribution in [2.75, 3.05) is 0 Å². The van der Waals surface area contributed by atoms with E-state index in [0.717, 1.165) is 0 Å². The number of non-ortho nitro benzene ring substituents is 1. The Labute approximate surface area is 134 Å². The number of pyridine rings is 1. The van der Waals surface area contributed by atoms with Crippen molar-refractivity contribution >= 4 is 15.5 Å². The third-order valence-electron chi connectivity index (χ3n) is 3.16. The van der Waals surface area contributed by atoms with Crippen LogP contribution in [-0.2, 0) is 9.84 Å². The number of nitro benzene ring substituents is 1. The minimum Gasteiger partial charge on any atom is -0.295 e. The molecule has 0 fully saturated rings. The first-order valence-corrected chi connectivity index (χ1v) is 8.51. The standard InChI is InChI=1S/C15H17N3O4S/c1-11(2)17-15(12-4-3-9-16-10-12)23(21,22)14-7-5-13(6-8-14)18(19)20/h3-11,15,17H,1-2H3. The number of sulfone groups is 1. The van der Waals surface area contributed by atoms with Crippen molar-refractivity contribution in [3.63, 3.8) is 0 Å². The molecule has 1 unspecified atom stereocenters. The molecule has 0 aliphatic rings. The average molecular weight is 335 g/mol. The van der Waals surface area contributed by atoms with Crippen LogP contribution >= 0.6 is 0 Å². The number of hydrogen-bond donors (Lipinski definition) is 1. The maximum absolute atomic E-state index is 12.9. The van der Waals surface area contributed by atoms with Crippen LogP contribution in [0.5, 0.6) is 0 Å². The normalized spacial score (nSPS) is 13.0. The molecular weight excluding hydrogens is 318 g/mol. The zero-order valence-corrected chi connectivity index (χ0v) is 13.5. The fourth-order valence-electron chi connectivity index (χ4n) is 2.09. The SMILES string of the molecule is CC(C)NC(c1cccnc1)S(=O)(=O)c1ccc([N+](=O)[O-])cc1. The van der Waals surface area contributed by atoms with Gasteiger partial charge in [-0.2, -0.15) is 0 Å². The molecule has 2 rings (SSSR count). The van der Waals surface area contributed by atoms with Gasteiger partial charge < -0.3 is 0 Å². The van der Waals surface area contributed by atoms with Crippen LogP contribution in [0, 0.1) is 10.1 Å². The van der Waals surface area contributed by atoms with Crippen molar-refractivity contribution in [2.24, 2.45) is 0 Å². The van der Waals surface area contributed by atoms with E-state index >= 15 is 0 Å². The van der Waals surface area contributed by atoms with Gasteiger partial charge in [0.25, 0.3) is 5.69 Å². The zero-order chi connectivity index (χ0) is 17.0. The number of nitrogens with zero attached hydrogens (tertiary/aromatic N) is 2. The van der Waals surface area contributed by atoms with Gasteiger partial charge in [-0.3, -0.25) is 20.4 Å². The van der Waals surface area contributed by atoms with Gasteiger partial charge in [0.15, 0.2) is 9.84 Å². The molecule has 0 bridgehead atoms. The first kappa shape index (κ1) is 17.0. The molecule has 0 amide bonds. The molecule has 0 radical (unpaired) electrons. The maximum Gasteiger partial charge on any atom is 0.269 e. The highest BCUT2D eigenvalue weighted by Crippen LogP contribution is 2.28. The van der Waals surface area contributed by atoms with Crippen molar-refractivity contribution in [3.05, 3.63) is 64.5 Å². The van der Waals surface area contributed by atoms with Crippen molar-refractivity contribution in [1.82, 2.24) is 10.3 Å². The summed E-state index contributed by atoms with van der Waals surface area (Å²) in [7, 11) is -3.77. The molecule has 1 atom stereocenters. The summed E-state index contributed by atoms with van der Waals surface area (Å²) in [5.74, 6) is 0. The van der Waals surface area contributed by atoms with Crippen LogP contribution in [0.2, 0.25) is 0 Å². The van der Waals surface area contributed by atoms with Gasteiger partial charge in [-0.15, -0.1) is 0 Å². The fraction of sp³-hybridized carbons (Fsp3) is 0.267. The molecule has 0 saturated carbocycles. The molecule has 23 heavy (non-hydrogen) atoms. The van der Waals surface area contributed by atoms with Crippen molar-refractivity contribution in [1.29, 1.82) is 0 Å². The molecule has 122 valence electrons. The summed E-state index contributed by atoms with van der Waals surface area (Å²) in [6.45, 7) is 3.68. The smallest absolute Gasteiger partial charge is 0.269 e. The first-order chi connectivity index (χ1) is 10.8. The minimum atomic E-state index is -3.77. The number of aromatic nitrogens is 1. The molecule has 1 aromatic carbocycles. The third-order valence-corrected chi connectivity index (χ3v) is 5.12. The minimum absolute atomic E-state index is 0.0186. The van der Waals surface area contributed by atoms with Crippen LogP contribution < -0.4 is 5.32 Å². The lowest BCUT2D eigenvalue weighted by Gasteiger charge is -2.21. The predicted molar refractivity (Wildman–Crippen MR) is 85.5 cm³/mol. The number of hydrogen-bond acceptors (Lipinski definition) is 6. The molecule has 0 spiro atoms. The molecule has 2 aromatic rings. The molecular formula is C15H17N3O4S. The molecule has 0 saturated heterocycles. The topological polar surface area (TPSA) is 102 Å². The summed E-state index contributed by atoms with van der Waals surface area (Å²) in [6, 6.07) is 8.13. The van der Waals surface area contributed by atoms with Gasteiger partial charge in [-0.25, -0.2) is 8.42 Å². The van der Waals surface area contributed by atoms with Crippen LogP contribution in [-0.4, -0.2) is 24.4 Å². The second-order valence-electron chi connectivity index (χ2n) is 5.28. The van der Waals surface area contributed by atoms with E-state index in [1.165, 1.54) is 30.5 Å². The average Bonchev–Trinajstić information content (AvgIpc) is 2.53. The van der Waals surface area contributed by atoms with E-state index in [1.807, 2.05) is 13.8 Å². The molecule has 0 aliphatic carbocycles. The maximum atomic E-state index is 12.9. The van der Waals surface area contributed by atoms with E-state index in [1.54, 1.807) is 18.3 Å². The predicted octanol–water partition coefficient (Wildman–Crippen LogP) is 2.46. The first-order valence-electron chi connectivity index (χ1n) is 6.96. The van der Waals surface area contributed by atoms with E-state index < -0.39 is 20.1 Å². The van der Waals surface area contributed by atoms with Crippen LogP contribution in [0.3, 0.4) is 0 Å². The Kier molecular flexibility index (Phi) is 5.07. The molecule has 0 aliphatic heterocycles. The Morgan fingerprint density at radius 1 is 1.17 bits per heavy atom. The van der Waals surface area contributed by atoms with Crippen LogP contribution in [0.1, 0.15) is 24.8 Å². The summed E-state index contributed by atoms with van der Waals surface area (Å²) >= 11 is 0. The summed E-state index contributed by atoms with van der Waals surface area (Å²) in [5.41, 5.74) is 0.359. The van der Waals surface area contributed by atoms with Crippen LogP contribution in [0.15, 0.2) is 53.7 Å². The lowest BCUT2D eigenvalue weighted by Crippen LogP contribution is -2.34. The van der Waals surface area contributed by atoms with E-state index in [4.69, 9.17) is 0 Å². The summed E-state index contributed by atoms with van der Waals surface area (Å²) < 4.78 is 25.8. The number of nitro groups is 1. The largest absolute Gasteiger partial charge is 0.295 e. The van der Waals surface area contributed by atoms with E-state index in [2.05, 4.69) is 10.3 Å². The van der Waals surface area contributed by atoms with Gasteiger partial charge in [-0.05, 0) is 32.0 Å². The van der Waals surface area contributed by atoms with Gasteiger partial charge >= 0.3 is 0 Å². The molecule has 1 heterocycles. The molecule has 1 aromatic heterocycles. The summed E-state index contributed by atoms with van der Waals surface area (Å²) in [4.78, 5) is 14.1. The van der Waals surface area contributed by atoms with Crippen molar-refractivity contribution < 1.29 is 13.3 Å². The highest BCUT2D eigenvalue weighted by molar-refractivity contribution is 7.91.